The van der Waals surface area contributed by atoms with Crippen molar-refractivity contribution in [2.75, 3.05) is 35.6 Å². The first-order valence-electron chi connectivity index (χ1n) is 16.2. The lowest BCUT2D eigenvalue weighted by atomic mass is 9.93. The van der Waals surface area contributed by atoms with Crippen LogP contribution in [0.25, 0.3) is 0 Å². The molecule has 1 saturated carbocycles. The molecular weight excluding hydrogens is 746 g/mol. The van der Waals surface area contributed by atoms with E-state index in [2.05, 4.69) is 41.5 Å². The average molecular weight is 779 g/mol. The number of hydrogen-bond donors (Lipinski definition) is 5. The third-order valence-corrected chi connectivity index (χ3v) is 8.24. The van der Waals surface area contributed by atoms with Gasteiger partial charge in [0.05, 0.1) is 11.1 Å². The summed E-state index contributed by atoms with van der Waals surface area (Å²) in [6.45, 7) is 1.78. The number of carbonyl (C=O) groups excluding carboxylic acids is 3. The van der Waals surface area contributed by atoms with E-state index in [1.165, 1.54) is 30.3 Å². The van der Waals surface area contributed by atoms with Crippen LogP contribution in [0.15, 0.2) is 72.8 Å². The van der Waals surface area contributed by atoms with Gasteiger partial charge in [0, 0.05) is 35.1 Å². The van der Waals surface area contributed by atoms with E-state index < -0.39 is 59.2 Å². The Hall–Kier alpha value is -5.65. The maximum Gasteiger partial charge on any atom is 0.422 e. The molecule has 3 amide bonds. The van der Waals surface area contributed by atoms with Crippen LogP contribution in [-0.4, -0.2) is 58.5 Å². The molecule has 0 spiro atoms. The van der Waals surface area contributed by atoms with Crippen LogP contribution < -0.4 is 31.3 Å². The monoisotopic (exact) mass is 778 g/mol. The van der Waals surface area contributed by atoms with Crippen molar-refractivity contribution >= 4 is 52.6 Å². The lowest BCUT2D eigenvalue weighted by Crippen LogP contribution is -2.45. The second-order valence-corrected chi connectivity index (χ2v) is 13.6. The minimum atomic E-state index is -4.64. The van der Waals surface area contributed by atoms with Crippen LogP contribution in [0.5, 0.6) is 6.01 Å². The van der Waals surface area contributed by atoms with E-state index in [4.69, 9.17) is 16.3 Å². The van der Waals surface area contributed by atoms with Gasteiger partial charge in [0.15, 0.2) is 6.61 Å². The fraction of sp³-hybridized carbons (Fsp3) is 0.314. The zero-order chi connectivity index (χ0) is 39.3. The van der Waals surface area contributed by atoms with Crippen molar-refractivity contribution in [3.8, 4) is 6.01 Å². The van der Waals surface area contributed by atoms with Crippen molar-refractivity contribution in [1.29, 1.82) is 0 Å². The van der Waals surface area contributed by atoms with Crippen LogP contribution in [0, 0.1) is 5.41 Å². The number of amides is 3. The summed E-state index contributed by atoms with van der Waals surface area (Å²) < 4.78 is 82.4. The molecule has 5 N–H and O–H groups in total. The Morgan fingerprint density at radius 2 is 1.44 bits per heavy atom. The minimum Gasteiger partial charge on any atom is -0.454 e. The van der Waals surface area contributed by atoms with Crippen LogP contribution in [0.3, 0.4) is 0 Å². The van der Waals surface area contributed by atoms with Gasteiger partial charge >= 0.3 is 30.2 Å². The molecule has 3 aromatic carbocycles. The maximum atomic E-state index is 13.0. The van der Waals surface area contributed by atoms with Crippen LogP contribution in [0.4, 0.5) is 49.6 Å². The van der Waals surface area contributed by atoms with E-state index in [-0.39, 0.29) is 36.2 Å². The Morgan fingerprint density at radius 3 is 2.07 bits per heavy atom. The fourth-order valence-electron chi connectivity index (χ4n) is 4.95. The lowest BCUT2D eigenvalue weighted by molar-refractivity contribution is -0.154. The second-order valence-electron chi connectivity index (χ2n) is 13.1. The fourth-order valence-corrected chi connectivity index (χ4v) is 5.08. The molecule has 1 aromatic heterocycles. The molecule has 0 bridgehead atoms. The molecule has 19 heteroatoms. The number of ether oxygens (including phenoxy) is 1. The zero-order valence-electron chi connectivity index (χ0n) is 28.6. The van der Waals surface area contributed by atoms with Gasteiger partial charge in [-0.3, -0.25) is 14.4 Å². The molecule has 1 aliphatic rings. The lowest BCUT2D eigenvalue weighted by Gasteiger charge is -2.25. The second kappa shape index (κ2) is 15.8. The van der Waals surface area contributed by atoms with E-state index >= 15 is 0 Å². The van der Waals surface area contributed by atoms with Gasteiger partial charge in [-0.2, -0.15) is 41.3 Å². The predicted molar refractivity (Wildman–Crippen MR) is 186 cm³/mol. The number of nitrogens with one attached hydrogen (secondary N) is 5. The van der Waals surface area contributed by atoms with Crippen molar-refractivity contribution in [3.05, 3.63) is 94.5 Å². The molecule has 0 unspecified atom stereocenters. The topological polar surface area (TPSA) is 159 Å². The highest BCUT2D eigenvalue weighted by Crippen LogP contribution is 2.48. The van der Waals surface area contributed by atoms with Crippen molar-refractivity contribution in [2.24, 2.45) is 5.41 Å². The highest BCUT2D eigenvalue weighted by molar-refractivity contribution is 6.39. The summed E-state index contributed by atoms with van der Waals surface area (Å²) in [5, 5.41) is 13.9. The Morgan fingerprint density at radius 1 is 0.796 bits per heavy atom. The van der Waals surface area contributed by atoms with Crippen LogP contribution in [0.2, 0.25) is 5.02 Å². The van der Waals surface area contributed by atoms with Gasteiger partial charge in [-0.15, -0.1) is 0 Å². The van der Waals surface area contributed by atoms with Gasteiger partial charge < -0.3 is 31.3 Å². The van der Waals surface area contributed by atoms with E-state index in [0.717, 1.165) is 17.7 Å². The molecule has 0 aliphatic heterocycles. The van der Waals surface area contributed by atoms with Crippen molar-refractivity contribution in [2.45, 2.75) is 44.6 Å². The van der Waals surface area contributed by atoms with Crippen molar-refractivity contribution in [1.82, 2.24) is 25.6 Å². The van der Waals surface area contributed by atoms with E-state index in [1.54, 1.807) is 26.0 Å². The van der Waals surface area contributed by atoms with Gasteiger partial charge in [0.1, 0.15) is 0 Å². The highest BCUT2D eigenvalue weighted by Gasteiger charge is 2.45. The third kappa shape index (κ3) is 11.2. The Bertz CT molecular complexity index is 1990. The van der Waals surface area contributed by atoms with Crippen LogP contribution in [-0.2, 0) is 21.3 Å². The van der Waals surface area contributed by atoms with E-state index in [1.807, 2.05) is 12.1 Å². The number of alkyl halides is 6. The minimum absolute atomic E-state index is 0.0247. The maximum absolute atomic E-state index is 13.0. The van der Waals surface area contributed by atoms with Crippen molar-refractivity contribution in [3.63, 3.8) is 0 Å². The van der Waals surface area contributed by atoms with Crippen LogP contribution in [0.1, 0.15) is 48.2 Å². The largest absolute Gasteiger partial charge is 0.454 e. The summed E-state index contributed by atoms with van der Waals surface area (Å²) in [6, 6.07) is 16.4. The van der Waals surface area contributed by atoms with Gasteiger partial charge in [-0.05, 0) is 78.4 Å². The molecule has 1 fully saturated rings. The Balaban J connectivity index is 1.16. The number of carbonyl (C=O) groups is 3. The normalized spacial score (nSPS) is 13.7. The molecule has 54 heavy (non-hydrogen) atoms. The molecule has 5 rings (SSSR count). The van der Waals surface area contributed by atoms with Gasteiger partial charge in [-0.25, -0.2) is 0 Å². The molecular formula is C35H33ClF6N8O4. The van der Waals surface area contributed by atoms with Crippen molar-refractivity contribution < 1.29 is 45.5 Å². The highest BCUT2D eigenvalue weighted by atomic mass is 35.5. The molecule has 1 aliphatic carbocycles. The first-order valence-corrected chi connectivity index (χ1v) is 16.6. The quantitative estimate of drug-likeness (QED) is 0.0724. The summed E-state index contributed by atoms with van der Waals surface area (Å²) in [4.78, 5) is 49.8. The van der Waals surface area contributed by atoms with Gasteiger partial charge in [0.2, 0.25) is 11.9 Å². The molecule has 12 nitrogen and oxygen atoms in total. The number of benzene rings is 3. The summed E-state index contributed by atoms with van der Waals surface area (Å²) in [6.07, 6.45) is -7.84. The Kier molecular flexibility index (Phi) is 11.5. The molecule has 0 saturated heterocycles. The first kappa shape index (κ1) is 39.6. The standard InChI is InChI=1S/C35H33ClF6N8O4/c1-32(2,18-44-27(52)28(53)45-25-5-3-4-22(16-25)35(40,41)42)17-43-26(51)20-6-12-24(13-7-20)46-29-47-30(49-31(48-29)54-19-34(37,38)39)50-33(14-15-33)21-8-10-23(36)11-9-21/h3-13,16H,14-15,17-19H2,1-2H3,(H,43,51)(H,44,52)(H,45,53)(H2,46,47,48,49,50). The number of rotatable bonds is 13. The molecule has 0 atom stereocenters. The third-order valence-electron chi connectivity index (χ3n) is 7.99. The van der Waals surface area contributed by atoms with Gasteiger partial charge in [-0.1, -0.05) is 43.6 Å². The molecule has 1 heterocycles. The van der Waals surface area contributed by atoms with Crippen LogP contribution >= 0.6 is 11.6 Å². The number of nitrogens with zero attached hydrogens (tertiary/aromatic N) is 3. The summed E-state index contributed by atoms with van der Waals surface area (Å²) in [7, 11) is 0. The Labute approximate surface area is 309 Å². The number of hydrogen-bond acceptors (Lipinski definition) is 9. The SMILES string of the molecule is CC(C)(CNC(=O)C(=O)Nc1cccc(C(F)(F)F)c1)CNC(=O)c1ccc(Nc2nc(NC3(c4ccc(Cl)cc4)CC3)nc(OCC(F)(F)F)n2)cc1. The smallest absolute Gasteiger partial charge is 0.422 e. The summed E-state index contributed by atoms with van der Waals surface area (Å²) in [5.41, 5.74) is -0.985. The number of halogens is 7. The van der Waals surface area contributed by atoms with Gasteiger partial charge in [0.25, 0.3) is 5.91 Å². The number of aromatic nitrogens is 3. The molecule has 0 radical (unpaired) electrons. The van der Waals surface area contributed by atoms with E-state index in [0.29, 0.717) is 29.6 Å². The first-order chi connectivity index (χ1) is 25.3. The predicted octanol–water partition coefficient (Wildman–Crippen LogP) is 6.84. The zero-order valence-corrected chi connectivity index (χ0v) is 29.3. The molecule has 286 valence electrons. The molecule has 4 aromatic rings. The van der Waals surface area contributed by atoms with E-state index in [9.17, 15) is 40.7 Å². The summed E-state index contributed by atoms with van der Waals surface area (Å²) in [5.74, 6) is -2.87. The average Bonchev–Trinajstić information content (AvgIpc) is 3.89. The number of anilines is 4. The summed E-state index contributed by atoms with van der Waals surface area (Å²) >= 11 is 6.02.